The van der Waals surface area contributed by atoms with Crippen molar-refractivity contribution >= 4 is 17.3 Å². The molecule has 0 radical (unpaired) electrons. The van der Waals surface area contributed by atoms with E-state index in [0.29, 0.717) is 0 Å². The summed E-state index contributed by atoms with van der Waals surface area (Å²) in [5.74, 6) is -1.48. The van der Waals surface area contributed by atoms with Gasteiger partial charge in [-0.2, -0.15) is 0 Å². The van der Waals surface area contributed by atoms with Crippen molar-refractivity contribution in [3.8, 4) is 0 Å². The number of aromatic nitrogens is 2. The Morgan fingerprint density at radius 3 is 2.79 bits per heavy atom. The van der Waals surface area contributed by atoms with Crippen LogP contribution in [-0.4, -0.2) is 20.8 Å². The minimum absolute atomic E-state index is 0.0200. The summed E-state index contributed by atoms with van der Waals surface area (Å²) in [6.45, 7) is 0. The Balaban J connectivity index is 2.26. The maximum atomic E-state index is 13.4. The molecular weight excluding hydrogens is 255 g/mol. The third-order valence-electron chi connectivity index (χ3n) is 2.20. The number of nitro groups is 1. The summed E-state index contributed by atoms with van der Waals surface area (Å²) >= 11 is 0. The molecule has 0 aliphatic carbocycles. The second kappa shape index (κ2) is 5.17. The smallest absolute Gasteiger partial charge is 0.275 e. The van der Waals surface area contributed by atoms with E-state index in [9.17, 15) is 19.3 Å². The molecule has 0 saturated carbocycles. The molecule has 0 spiro atoms. The number of amides is 1. The van der Waals surface area contributed by atoms with Gasteiger partial charge in [-0.1, -0.05) is 0 Å². The minimum atomic E-state index is -0.775. The van der Waals surface area contributed by atoms with Gasteiger partial charge >= 0.3 is 0 Å². The van der Waals surface area contributed by atoms with Gasteiger partial charge in [-0.05, 0) is 6.07 Å². The molecule has 8 heteroatoms. The zero-order chi connectivity index (χ0) is 13.8. The van der Waals surface area contributed by atoms with Gasteiger partial charge in [-0.25, -0.2) is 9.37 Å². The van der Waals surface area contributed by atoms with Crippen LogP contribution in [0.3, 0.4) is 0 Å². The van der Waals surface area contributed by atoms with Gasteiger partial charge in [0.15, 0.2) is 0 Å². The van der Waals surface area contributed by atoms with Crippen molar-refractivity contribution in [2.24, 2.45) is 0 Å². The van der Waals surface area contributed by atoms with Crippen molar-refractivity contribution in [3.05, 3.63) is 58.4 Å². The fourth-order valence-corrected chi connectivity index (χ4v) is 1.33. The summed E-state index contributed by atoms with van der Waals surface area (Å²) < 4.78 is 13.4. The fraction of sp³-hybridized carbons (Fsp3) is 0. The summed E-state index contributed by atoms with van der Waals surface area (Å²) in [6, 6.07) is 2.85. The highest BCUT2D eigenvalue weighted by Gasteiger charge is 2.14. The van der Waals surface area contributed by atoms with E-state index in [2.05, 4.69) is 15.3 Å². The Kier molecular flexibility index (Phi) is 3.42. The van der Waals surface area contributed by atoms with Gasteiger partial charge < -0.3 is 5.32 Å². The molecule has 19 heavy (non-hydrogen) atoms. The molecule has 1 aromatic heterocycles. The number of nitro benzene ring substituents is 1. The maximum Gasteiger partial charge on any atom is 0.275 e. The lowest BCUT2D eigenvalue weighted by Crippen LogP contribution is -2.14. The van der Waals surface area contributed by atoms with Crippen LogP contribution in [-0.2, 0) is 0 Å². The number of carbonyl (C=O) groups excluding carboxylic acids is 1. The molecule has 0 bridgehead atoms. The number of nitrogens with zero attached hydrogens (tertiary/aromatic N) is 3. The van der Waals surface area contributed by atoms with E-state index in [4.69, 9.17) is 0 Å². The molecule has 96 valence electrons. The summed E-state index contributed by atoms with van der Waals surface area (Å²) in [7, 11) is 0. The molecule has 1 heterocycles. The van der Waals surface area contributed by atoms with Crippen molar-refractivity contribution < 1.29 is 14.1 Å². The topological polar surface area (TPSA) is 98.0 Å². The van der Waals surface area contributed by atoms with E-state index in [1.807, 2.05) is 0 Å². The van der Waals surface area contributed by atoms with Gasteiger partial charge in [0.05, 0.1) is 16.8 Å². The van der Waals surface area contributed by atoms with Crippen LogP contribution in [0.4, 0.5) is 15.8 Å². The lowest BCUT2D eigenvalue weighted by molar-refractivity contribution is -0.384. The van der Waals surface area contributed by atoms with Crippen LogP contribution in [0.1, 0.15) is 10.5 Å². The van der Waals surface area contributed by atoms with Crippen LogP contribution in [0.25, 0.3) is 0 Å². The number of anilines is 1. The second-order valence-corrected chi connectivity index (χ2v) is 3.47. The first-order valence-electron chi connectivity index (χ1n) is 5.09. The normalized spacial score (nSPS) is 9.95. The first-order chi connectivity index (χ1) is 9.08. The molecule has 1 aromatic carbocycles. The molecule has 2 rings (SSSR count). The Morgan fingerprint density at radius 2 is 2.16 bits per heavy atom. The zero-order valence-corrected chi connectivity index (χ0v) is 9.41. The van der Waals surface area contributed by atoms with Crippen molar-refractivity contribution in [1.29, 1.82) is 0 Å². The Morgan fingerprint density at radius 1 is 1.37 bits per heavy atom. The summed E-state index contributed by atoms with van der Waals surface area (Å²) in [5, 5.41) is 12.8. The largest absolute Gasteiger partial charge is 0.318 e. The van der Waals surface area contributed by atoms with E-state index in [0.717, 1.165) is 18.2 Å². The predicted octanol–water partition coefficient (Wildman–Crippen LogP) is 1.78. The molecule has 7 nitrogen and oxygen atoms in total. The molecular formula is C11H7FN4O3. The molecule has 0 saturated heterocycles. The Bertz CT molecular complexity index is 633. The maximum absolute atomic E-state index is 13.4. The van der Waals surface area contributed by atoms with E-state index in [-0.39, 0.29) is 17.1 Å². The van der Waals surface area contributed by atoms with Crippen molar-refractivity contribution in [3.63, 3.8) is 0 Å². The molecule has 1 N–H and O–H groups in total. The number of carbonyl (C=O) groups is 1. The van der Waals surface area contributed by atoms with Crippen LogP contribution in [0.5, 0.6) is 0 Å². The Hall–Kier alpha value is -2.90. The standard InChI is InChI=1S/C11H7FN4O3/c12-8-2-1-7(16(18)19)5-9(8)15-11(17)10-6-13-3-4-14-10/h1-6H,(H,15,17). The van der Waals surface area contributed by atoms with E-state index in [1.54, 1.807) is 0 Å². The molecule has 0 unspecified atom stereocenters. The van der Waals surface area contributed by atoms with Crippen molar-refractivity contribution in [1.82, 2.24) is 9.97 Å². The summed E-state index contributed by atoms with van der Waals surface area (Å²) in [6.07, 6.45) is 3.88. The fourth-order valence-electron chi connectivity index (χ4n) is 1.33. The first-order valence-corrected chi connectivity index (χ1v) is 5.09. The second-order valence-electron chi connectivity index (χ2n) is 3.47. The lowest BCUT2D eigenvalue weighted by Gasteiger charge is -2.05. The number of hydrogen-bond donors (Lipinski definition) is 1. The number of halogens is 1. The average Bonchev–Trinajstić information content (AvgIpc) is 2.42. The van der Waals surface area contributed by atoms with E-state index < -0.39 is 16.6 Å². The van der Waals surface area contributed by atoms with Crippen LogP contribution in [0, 0.1) is 15.9 Å². The van der Waals surface area contributed by atoms with Crippen LogP contribution in [0.15, 0.2) is 36.8 Å². The molecule has 1 amide bonds. The quantitative estimate of drug-likeness (QED) is 0.671. The lowest BCUT2D eigenvalue weighted by atomic mass is 10.2. The highest BCUT2D eigenvalue weighted by Crippen LogP contribution is 2.21. The minimum Gasteiger partial charge on any atom is -0.318 e. The third-order valence-corrected chi connectivity index (χ3v) is 2.20. The number of rotatable bonds is 3. The van der Waals surface area contributed by atoms with Gasteiger partial charge in [0.2, 0.25) is 0 Å². The molecule has 0 fully saturated rings. The first kappa shape index (κ1) is 12.6. The van der Waals surface area contributed by atoms with Crippen LogP contribution < -0.4 is 5.32 Å². The number of hydrogen-bond acceptors (Lipinski definition) is 5. The van der Waals surface area contributed by atoms with Crippen LogP contribution in [0.2, 0.25) is 0 Å². The van der Waals surface area contributed by atoms with Crippen molar-refractivity contribution in [2.45, 2.75) is 0 Å². The van der Waals surface area contributed by atoms with E-state index in [1.165, 1.54) is 18.6 Å². The van der Waals surface area contributed by atoms with Gasteiger partial charge in [-0.3, -0.25) is 19.9 Å². The van der Waals surface area contributed by atoms with Gasteiger partial charge in [0.25, 0.3) is 11.6 Å². The number of non-ortho nitro benzene ring substituents is 1. The highest BCUT2D eigenvalue weighted by molar-refractivity contribution is 6.02. The van der Waals surface area contributed by atoms with Gasteiger partial charge in [-0.15, -0.1) is 0 Å². The zero-order valence-electron chi connectivity index (χ0n) is 9.41. The molecule has 2 aromatic rings. The van der Waals surface area contributed by atoms with Gasteiger partial charge in [0, 0.05) is 24.5 Å². The molecule has 0 aliphatic heterocycles. The summed E-state index contributed by atoms with van der Waals surface area (Å²) in [5.41, 5.74) is -0.630. The molecule has 0 aliphatic rings. The molecule has 0 atom stereocenters. The van der Waals surface area contributed by atoms with E-state index >= 15 is 0 Å². The Labute approximate surface area is 106 Å². The third kappa shape index (κ3) is 2.86. The predicted molar refractivity (Wildman–Crippen MR) is 63.0 cm³/mol. The highest BCUT2D eigenvalue weighted by atomic mass is 19.1. The summed E-state index contributed by atoms with van der Waals surface area (Å²) in [4.78, 5) is 29.0. The average molecular weight is 262 g/mol. The van der Waals surface area contributed by atoms with Crippen molar-refractivity contribution in [2.75, 3.05) is 5.32 Å². The van der Waals surface area contributed by atoms with Gasteiger partial charge in [0.1, 0.15) is 11.5 Å². The number of benzene rings is 1. The van der Waals surface area contributed by atoms with Crippen LogP contribution >= 0.6 is 0 Å². The SMILES string of the molecule is O=C(Nc1cc([N+](=O)[O-])ccc1F)c1cnccn1. The number of nitrogens with one attached hydrogen (secondary N) is 1. The monoisotopic (exact) mass is 262 g/mol.